The molecule has 1 heterocycles. The summed E-state index contributed by atoms with van der Waals surface area (Å²) >= 11 is 1.80. The van der Waals surface area contributed by atoms with Crippen LogP contribution in [0.25, 0.3) is 0 Å². The molecular formula is C21H32N2O2S. The SMILES string of the molecule is CC(C)Sc1ccc(C(=O)N2CCC(C(=O)NC(C)C(C)C)CC2)cc1. The molecule has 0 spiro atoms. The Hall–Kier alpha value is -1.49. The van der Waals surface area contributed by atoms with Crippen molar-refractivity contribution in [2.75, 3.05) is 13.1 Å². The first-order valence-corrected chi connectivity index (χ1v) is 10.5. The van der Waals surface area contributed by atoms with Crippen molar-refractivity contribution >= 4 is 23.6 Å². The predicted molar refractivity (Wildman–Crippen MR) is 109 cm³/mol. The van der Waals surface area contributed by atoms with Gasteiger partial charge in [-0.3, -0.25) is 9.59 Å². The number of benzene rings is 1. The van der Waals surface area contributed by atoms with Crippen molar-refractivity contribution in [1.29, 1.82) is 0 Å². The van der Waals surface area contributed by atoms with Gasteiger partial charge in [0, 0.05) is 40.8 Å². The van der Waals surface area contributed by atoms with E-state index >= 15 is 0 Å². The zero-order valence-corrected chi connectivity index (χ0v) is 17.4. The third kappa shape index (κ3) is 5.76. The Morgan fingerprint density at radius 3 is 2.12 bits per heavy atom. The molecule has 144 valence electrons. The zero-order chi connectivity index (χ0) is 19.3. The van der Waals surface area contributed by atoms with Crippen molar-refractivity contribution in [3.05, 3.63) is 29.8 Å². The molecule has 0 radical (unpaired) electrons. The van der Waals surface area contributed by atoms with Crippen LogP contribution in [0.4, 0.5) is 0 Å². The average Bonchev–Trinajstić information content (AvgIpc) is 2.61. The first-order valence-electron chi connectivity index (χ1n) is 9.64. The molecule has 1 fully saturated rings. The minimum Gasteiger partial charge on any atom is -0.353 e. The van der Waals surface area contributed by atoms with Crippen molar-refractivity contribution in [3.63, 3.8) is 0 Å². The van der Waals surface area contributed by atoms with Crippen LogP contribution >= 0.6 is 11.8 Å². The molecule has 5 heteroatoms. The van der Waals surface area contributed by atoms with E-state index in [0.717, 1.165) is 18.4 Å². The summed E-state index contributed by atoms with van der Waals surface area (Å²) < 4.78 is 0. The van der Waals surface area contributed by atoms with Crippen LogP contribution in [-0.4, -0.2) is 41.1 Å². The number of carbonyl (C=O) groups excluding carboxylic acids is 2. The van der Waals surface area contributed by atoms with Gasteiger partial charge < -0.3 is 10.2 Å². The van der Waals surface area contributed by atoms with Gasteiger partial charge in [-0.05, 0) is 49.9 Å². The fraction of sp³-hybridized carbons (Fsp3) is 0.619. The molecule has 0 aromatic heterocycles. The maximum atomic E-state index is 12.7. The molecule has 1 aliphatic rings. The standard InChI is InChI=1S/C21H32N2O2S/c1-14(2)16(5)22-20(24)17-10-12-23(13-11-17)21(25)18-6-8-19(9-7-18)26-15(3)4/h6-9,14-17H,10-13H2,1-5H3,(H,22,24). The number of piperidine rings is 1. The monoisotopic (exact) mass is 376 g/mol. The quantitative estimate of drug-likeness (QED) is 0.757. The fourth-order valence-corrected chi connectivity index (χ4v) is 3.82. The molecule has 0 bridgehead atoms. The first kappa shape index (κ1) is 20.8. The van der Waals surface area contributed by atoms with E-state index in [1.165, 1.54) is 4.90 Å². The van der Waals surface area contributed by atoms with Crippen molar-refractivity contribution in [2.24, 2.45) is 11.8 Å². The Labute approximate surface area is 162 Å². The van der Waals surface area contributed by atoms with E-state index in [9.17, 15) is 9.59 Å². The molecule has 1 aliphatic heterocycles. The van der Waals surface area contributed by atoms with Crippen molar-refractivity contribution in [1.82, 2.24) is 10.2 Å². The lowest BCUT2D eigenvalue weighted by molar-refractivity contribution is -0.127. The van der Waals surface area contributed by atoms with Crippen LogP contribution in [0.3, 0.4) is 0 Å². The van der Waals surface area contributed by atoms with Gasteiger partial charge in [-0.15, -0.1) is 11.8 Å². The van der Waals surface area contributed by atoms with Crippen LogP contribution in [0, 0.1) is 11.8 Å². The highest BCUT2D eigenvalue weighted by Gasteiger charge is 2.28. The number of likely N-dealkylation sites (tertiary alicyclic amines) is 1. The van der Waals surface area contributed by atoms with Crippen LogP contribution in [0.1, 0.15) is 57.8 Å². The van der Waals surface area contributed by atoms with E-state index in [4.69, 9.17) is 0 Å². The molecule has 1 saturated heterocycles. The number of hydrogen-bond donors (Lipinski definition) is 1. The van der Waals surface area contributed by atoms with Crippen LogP contribution in [0.5, 0.6) is 0 Å². The Morgan fingerprint density at radius 2 is 1.62 bits per heavy atom. The predicted octanol–water partition coefficient (Wildman–Crippen LogP) is 4.20. The molecule has 1 N–H and O–H groups in total. The molecule has 2 rings (SSSR count). The molecule has 0 saturated carbocycles. The van der Waals surface area contributed by atoms with Crippen molar-refractivity contribution in [3.8, 4) is 0 Å². The number of nitrogens with zero attached hydrogens (tertiary/aromatic N) is 1. The smallest absolute Gasteiger partial charge is 0.253 e. The highest BCUT2D eigenvalue weighted by molar-refractivity contribution is 7.99. The van der Waals surface area contributed by atoms with Gasteiger partial charge in [0.25, 0.3) is 5.91 Å². The number of carbonyl (C=O) groups is 2. The molecular weight excluding hydrogens is 344 g/mol. The molecule has 1 aromatic carbocycles. The van der Waals surface area contributed by atoms with Gasteiger partial charge in [0.15, 0.2) is 0 Å². The summed E-state index contributed by atoms with van der Waals surface area (Å²) in [5.74, 6) is 0.649. The van der Waals surface area contributed by atoms with Crippen molar-refractivity contribution < 1.29 is 9.59 Å². The summed E-state index contributed by atoms with van der Waals surface area (Å²) in [6.45, 7) is 11.9. The van der Waals surface area contributed by atoms with Gasteiger partial charge in [-0.1, -0.05) is 27.7 Å². The van der Waals surface area contributed by atoms with Crippen LogP contribution in [0.15, 0.2) is 29.2 Å². The third-order valence-electron chi connectivity index (χ3n) is 5.00. The van der Waals surface area contributed by atoms with Gasteiger partial charge in [0.1, 0.15) is 0 Å². The molecule has 4 nitrogen and oxygen atoms in total. The maximum absolute atomic E-state index is 12.7. The number of thioether (sulfide) groups is 1. The van der Waals surface area contributed by atoms with E-state index in [-0.39, 0.29) is 23.8 Å². The number of amides is 2. The highest BCUT2D eigenvalue weighted by Crippen LogP contribution is 2.24. The van der Waals surface area contributed by atoms with E-state index in [0.29, 0.717) is 24.3 Å². The summed E-state index contributed by atoms with van der Waals surface area (Å²) in [6, 6.07) is 8.05. The second-order valence-corrected chi connectivity index (χ2v) is 9.45. The highest BCUT2D eigenvalue weighted by atomic mass is 32.2. The van der Waals surface area contributed by atoms with Crippen LogP contribution in [-0.2, 0) is 4.79 Å². The number of rotatable bonds is 6. The topological polar surface area (TPSA) is 49.4 Å². The van der Waals surface area contributed by atoms with Gasteiger partial charge in [-0.25, -0.2) is 0 Å². The lowest BCUT2D eigenvalue weighted by Gasteiger charge is -2.32. The van der Waals surface area contributed by atoms with Crippen LogP contribution in [0.2, 0.25) is 0 Å². The fourth-order valence-electron chi connectivity index (χ4n) is 2.98. The number of hydrogen-bond acceptors (Lipinski definition) is 3. The molecule has 1 aromatic rings. The molecule has 1 atom stereocenters. The molecule has 1 unspecified atom stereocenters. The van der Waals surface area contributed by atoms with Crippen LogP contribution < -0.4 is 5.32 Å². The minimum atomic E-state index is 0.0186. The summed E-state index contributed by atoms with van der Waals surface area (Å²) in [6.07, 6.45) is 1.48. The summed E-state index contributed by atoms with van der Waals surface area (Å²) in [4.78, 5) is 28.1. The maximum Gasteiger partial charge on any atom is 0.253 e. The van der Waals surface area contributed by atoms with E-state index < -0.39 is 0 Å². The summed E-state index contributed by atoms with van der Waals surface area (Å²) in [5, 5.41) is 3.63. The zero-order valence-electron chi connectivity index (χ0n) is 16.6. The van der Waals surface area contributed by atoms with E-state index in [2.05, 4.69) is 33.0 Å². The lowest BCUT2D eigenvalue weighted by atomic mass is 9.94. The lowest BCUT2D eigenvalue weighted by Crippen LogP contribution is -2.45. The Morgan fingerprint density at radius 1 is 1.04 bits per heavy atom. The van der Waals surface area contributed by atoms with Gasteiger partial charge in [-0.2, -0.15) is 0 Å². The summed E-state index contributed by atoms with van der Waals surface area (Å²) in [5.41, 5.74) is 0.731. The van der Waals surface area contributed by atoms with Crippen molar-refractivity contribution in [2.45, 2.75) is 63.6 Å². The molecule has 2 amide bonds. The van der Waals surface area contributed by atoms with E-state index in [1.54, 1.807) is 11.8 Å². The largest absolute Gasteiger partial charge is 0.353 e. The normalized spacial score (nSPS) is 16.8. The molecule has 26 heavy (non-hydrogen) atoms. The average molecular weight is 377 g/mol. The Kier molecular flexibility index (Phi) is 7.56. The van der Waals surface area contributed by atoms with Gasteiger partial charge >= 0.3 is 0 Å². The molecule has 0 aliphatic carbocycles. The first-order chi connectivity index (χ1) is 12.3. The Bertz CT molecular complexity index is 605. The second kappa shape index (κ2) is 9.45. The summed E-state index contributed by atoms with van der Waals surface area (Å²) in [7, 11) is 0. The minimum absolute atomic E-state index is 0.0186. The van der Waals surface area contributed by atoms with E-state index in [1.807, 2.05) is 36.1 Å². The number of nitrogens with one attached hydrogen (secondary N) is 1. The second-order valence-electron chi connectivity index (χ2n) is 7.80. The Balaban J connectivity index is 1.87. The van der Waals surface area contributed by atoms with Gasteiger partial charge in [0.2, 0.25) is 5.91 Å². The van der Waals surface area contributed by atoms with Gasteiger partial charge in [0.05, 0.1) is 0 Å². The third-order valence-corrected chi connectivity index (χ3v) is 6.01.